The molecular weight excluding hydrogens is 324 g/mol. The first-order valence-electron chi connectivity index (χ1n) is 8.51. The second-order valence-corrected chi connectivity index (χ2v) is 5.99. The SMILES string of the molecule is COCCOc1ccc(C(C)NC(=O)[C@H]2NCCO[C@@H]2C)cc1OC. The largest absolute Gasteiger partial charge is 0.493 e. The highest BCUT2D eigenvalue weighted by atomic mass is 16.5. The summed E-state index contributed by atoms with van der Waals surface area (Å²) < 4.78 is 21.5. The van der Waals surface area contributed by atoms with E-state index in [-0.39, 0.29) is 24.1 Å². The first kappa shape index (κ1) is 19.5. The first-order chi connectivity index (χ1) is 12.1. The normalized spacial score (nSPS) is 21.4. The van der Waals surface area contributed by atoms with Gasteiger partial charge in [0, 0.05) is 13.7 Å². The molecule has 3 atom stereocenters. The van der Waals surface area contributed by atoms with Crippen molar-refractivity contribution in [2.24, 2.45) is 0 Å². The predicted octanol–water partition coefficient (Wildman–Crippen LogP) is 1.27. The van der Waals surface area contributed by atoms with Crippen molar-refractivity contribution in [3.63, 3.8) is 0 Å². The molecule has 1 fully saturated rings. The molecule has 2 rings (SSSR count). The van der Waals surface area contributed by atoms with Crippen molar-refractivity contribution < 1.29 is 23.7 Å². The smallest absolute Gasteiger partial charge is 0.240 e. The van der Waals surface area contributed by atoms with E-state index in [0.717, 1.165) is 5.56 Å². The number of rotatable bonds is 8. The van der Waals surface area contributed by atoms with Gasteiger partial charge in [-0.25, -0.2) is 0 Å². The lowest BCUT2D eigenvalue weighted by Crippen LogP contribution is -2.55. The number of hydrogen-bond donors (Lipinski definition) is 2. The number of morpholine rings is 1. The van der Waals surface area contributed by atoms with E-state index < -0.39 is 0 Å². The fourth-order valence-corrected chi connectivity index (χ4v) is 2.72. The Morgan fingerprint density at radius 3 is 2.84 bits per heavy atom. The Kier molecular flexibility index (Phi) is 7.49. The molecule has 7 nitrogen and oxygen atoms in total. The fourth-order valence-electron chi connectivity index (χ4n) is 2.72. The highest BCUT2D eigenvalue weighted by Crippen LogP contribution is 2.30. The average molecular weight is 352 g/mol. The number of hydrogen-bond acceptors (Lipinski definition) is 6. The molecule has 2 N–H and O–H groups in total. The van der Waals surface area contributed by atoms with Crippen LogP contribution in [0.1, 0.15) is 25.5 Å². The topological polar surface area (TPSA) is 78.1 Å². The molecule has 0 aromatic heterocycles. The Morgan fingerprint density at radius 2 is 2.16 bits per heavy atom. The second-order valence-electron chi connectivity index (χ2n) is 5.99. The van der Waals surface area contributed by atoms with Crippen LogP contribution in [0.3, 0.4) is 0 Å². The van der Waals surface area contributed by atoms with Crippen molar-refractivity contribution in [2.75, 3.05) is 40.6 Å². The van der Waals surface area contributed by atoms with Gasteiger partial charge in [0.05, 0.1) is 32.5 Å². The highest BCUT2D eigenvalue weighted by molar-refractivity contribution is 5.83. The van der Waals surface area contributed by atoms with E-state index in [1.54, 1.807) is 14.2 Å². The highest BCUT2D eigenvalue weighted by Gasteiger charge is 2.29. The molecule has 7 heteroatoms. The van der Waals surface area contributed by atoms with Gasteiger partial charge in [-0.15, -0.1) is 0 Å². The molecule has 0 aliphatic carbocycles. The Hall–Kier alpha value is -1.83. The van der Waals surface area contributed by atoms with Crippen LogP contribution in [0, 0.1) is 0 Å². The van der Waals surface area contributed by atoms with Crippen molar-refractivity contribution in [1.82, 2.24) is 10.6 Å². The van der Waals surface area contributed by atoms with Crippen LogP contribution < -0.4 is 20.1 Å². The summed E-state index contributed by atoms with van der Waals surface area (Å²) in [7, 11) is 3.22. The van der Waals surface area contributed by atoms with Crippen molar-refractivity contribution in [3.05, 3.63) is 23.8 Å². The summed E-state index contributed by atoms with van der Waals surface area (Å²) in [6, 6.07) is 5.14. The fraction of sp³-hybridized carbons (Fsp3) is 0.611. The van der Waals surface area contributed by atoms with Gasteiger partial charge in [0.15, 0.2) is 11.5 Å². The van der Waals surface area contributed by atoms with Gasteiger partial charge in [0.1, 0.15) is 12.6 Å². The molecular formula is C18H28N2O5. The van der Waals surface area contributed by atoms with E-state index in [0.29, 0.717) is 37.9 Å². The quantitative estimate of drug-likeness (QED) is 0.686. The maximum Gasteiger partial charge on any atom is 0.240 e. The Morgan fingerprint density at radius 1 is 1.36 bits per heavy atom. The Balaban J connectivity index is 2.00. The second kappa shape index (κ2) is 9.60. The Bertz CT molecular complexity index is 566. The maximum atomic E-state index is 12.5. The van der Waals surface area contributed by atoms with E-state index in [1.165, 1.54) is 0 Å². The van der Waals surface area contributed by atoms with E-state index in [9.17, 15) is 4.79 Å². The lowest BCUT2D eigenvalue weighted by Gasteiger charge is -2.30. The number of nitrogens with one attached hydrogen (secondary N) is 2. The van der Waals surface area contributed by atoms with Crippen LogP contribution in [-0.2, 0) is 14.3 Å². The summed E-state index contributed by atoms with van der Waals surface area (Å²) in [5.41, 5.74) is 0.939. The van der Waals surface area contributed by atoms with E-state index >= 15 is 0 Å². The summed E-state index contributed by atoms with van der Waals surface area (Å²) in [6.07, 6.45) is -0.146. The molecule has 1 aromatic carbocycles. The lowest BCUT2D eigenvalue weighted by atomic mass is 10.1. The molecule has 1 heterocycles. The third kappa shape index (κ3) is 5.32. The molecule has 1 amide bonds. The monoisotopic (exact) mass is 352 g/mol. The molecule has 1 saturated heterocycles. The third-order valence-electron chi connectivity index (χ3n) is 4.19. The molecule has 1 aliphatic heterocycles. The predicted molar refractivity (Wildman–Crippen MR) is 94.1 cm³/mol. The first-order valence-corrected chi connectivity index (χ1v) is 8.51. The molecule has 0 bridgehead atoms. The van der Waals surface area contributed by atoms with Gasteiger partial charge < -0.3 is 29.6 Å². The van der Waals surface area contributed by atoms with Crippen molar-refractivity contribution >= 4 is 5.91 Å². The van der Waals surface area contributed by atoms with Crippen molar-refractivity contribution in [3.8, 4) is 11.5 Å². The summed E-state index contributed by atoms with van der Waals surface area (Å²) in [6.45, 7) is 6.10. The summed E-state index contributed by atoms with van der Waals surface area (Å²) in [5.74, 6) is 1.21. The van der Waals surface area contributed by atoms with E-state index in [2.05, 4.69) is 10.6 Å². The number of carbonyl (C=O) groups is 1. The third-order valence-corrected chi connectivity index (χ3v) is 4.19. The number of methoxy groups -OCH3 is 2. The molecule has 140 valence electrons. The summed E-state index contributed by atoms with van der Waals surface area (Å²) >= 11 is 0. The van der Waals surface area contributed by atoms with Crippen LogP contribution >= 0.6 is 0 Å². The zero-order chi connectivity index (χ0) is 18.2. The van der Waals surface area contributed by atoms with Crippen LogP contribution in [-0.4, -0.2) is 58.6 Å². The van der Waals surface area contributed by atoms with Crippen LogP contribution in [0.4, 0.5) is 0 Å². The zero-order valence-electron chi connectivity index (χ0n) is 15.3. The van der Waals surface area contributed by atoms with Gasteiger partial charge in [0.2, 0.25) is 5.91 Å². The molecule has 0 saturated carbocycles. The minimum Gasteiger partial charge on any atom is -0.493 e. The minimum atomic E-state index is -0.338. The minimum absolute atomic E-state index is 0.0703. The molecule has 1 aliphatic rings. The van der Waals surface area contributed by atoms with Crippen LogP contribution in [0.25, 0.3) is 0 Å². The molecule has 0 radical (unpaired) electrons. The lowest BCUT2D eigenvalue weighted by molar-refractivity contribution is -0.129. The van der Waals surface area contributed by atoms with Gasteiger partial charge in [0.25, 0.3) is 0 Å². The van der Waals surface area contributed by atoms with Gasteiger partial charge in [-0.1, -0.05) is 6.07 Å². The van der Waals surface area contributed by atoms with Crippen LogP contribution in [0.15, 0.2) is 18.2 Å². The Labute approximate surface area is 149 Å². The number of amides is 1. The standard InChI is InChI=1S/C18H28N2O5/c1-12(20-18(21)17-13(2)24-8-7-19-17)14-5-6-15(16(11-14)23-4)25-10-9-22-3/h5-6,11-13,17,19H,7-10H2,1-4H3,(H,20,21)/t12?,13-,17+/m1/s1. The van der Waals surface area contributed by atoms with Crippen molar-refractivity contribution in [2.45, 2.75) is 32.0 Å². The van der Waals surface area contributed by atoms with Gasteiger partial charge in [-0.2, -0.15) is 0 Å². The molecule has 1 unspecified atom stereocenters. The van der Waals surface area contributed by atoms with Crippen LogP contribution in [0.5, 0.6) is 11.5 Å². The maximum absolute atomic E-state index is 12.5. The average Bonchev–Trinajstić information content (AvgIpc) is 2.62. The summed E-state index contributed by atoms with van der Waals surface area (Å²) in [5, 5.41) is 6.21. The van der Waals surface area contributed by atoms with Crippen molar-refractivity contribution in [1.29, 1.82) is 0 Å². The molecule has 0 spiro atoms. The van der Waals surface area contributed by atoms with E-state index in [4.69, 9.17) is 18.9 Å². The zero-order valence-corrected chi connectivity index (χ0v) is 15.3. The number of benzene rings is 1. The van der Waals surface area contributed by atoms with Gasteiger partial charge >= 0.3 is 0 Å². The number of carbonyl (C=O) groups excluding carboxylic acids is 1. The molecule has 1 aromatic rings. The molecule has 25 heavy (non-hydrogen) atoms. The number of ether oxygens (including phenoxy) is 4. The summed E-state index contributed by atoms with van der Waals surface area (Å²) in [4.78, 5) is 12.5. The van der Waals surface area contributed by atoms with Gasteiger partial charge in [-0.3, -0.25) is 4.79 Å². The van der Waals surface area contributed by atoms with Crippen LogP contribution in [0.2, 0.25) is 0 Å². The van der Waals surface area contributed by atoms with E-state index in [1.807, 2.05) is 32.0 Å². The van der Waals surface area contributed by atoms with Gasteiger partial charge in [-0.05, 0) is 31.5 Å².